The Labute approximate surface area is 103 Å². The fourth-order valence-electron chi connectivity index (χ4n) is 2.20. The summed E-state index contributed by atoms with van der Waals surface area (Å²) in [6.07, 6.45) is 1.73. The van der Waals surface area contributed by atoms with Crippen molar-refractivity contribution in [3.05, 3.63) is 35.9 Å². The van der Waals surface area contributed by atoms with E-state index < -0.39 is 0 Å². The van der Waals surface area contributed by atoms with E-state index >= 15 is 0 Å². The van der Waals surface area contributed by atoms with Gasteiger partial charge in [0.15, 0.2) is 0 Å². The zero-order valence-electron chi connectivity index (χ0n) is 10.3. The molecular weight excluding hydrogens is 212 g/mol. The molecule has 0 aliphatic carbocycles. The van der Waals surface area contributed by atoms with Crippen LogP contribution in [0.25, 0.3) is 0 Å². The molecule has 1 aromatic carbocycles. The lowest BCUT2D eigenvalue weighted by Gasteiger charge is -2.14. The number of benzene rings is 1. The van der Waals surface area contributed by atoms with Gasteiger partial charge in [-0.25, -0.2) is 0 Å². The molecule has 1 heterocycles. The van der Waals surface area contributed by atoms with Crippen LogP contribution in [0.2, 0.25) is 0 Å². The fourth-order valence-corrected chi connectivity index (χ4v) is 2.20. The van der Waals surface area contributed by atoms with Gasteiger partial charge >= 0.3 is 0 Å². The first-order chi connectivity index (χ1) is 8.25. The number of nitrogens with one attached hydrogen (secondary N) is 2. The summed E-state index contributed by atoms with van der Waals surface area (Å²) in [5.41, 5.74) is 1.38. The third-order valence-electron chi connectivity index (χ3n) is 3.36. The minimum Gasteiger partial charge on any atom is -0.354 e. The van der Waals surface area contributed by atoms with Crippen LogP contribution in [-0.4, -0.2) is 25.0 Å². The molecule has 1 saturated heterocycles. The van der Waals surface area contributed by atoms with Crippen molar-refractivity contribution in [1.29, 1.82) is 0 Å². The van der Waals surface area contributed by atoms with Crippen molar-refractivity contribution in [1.82, 2.24) is 10.6 Å². The standard InChI is InChI=1S/C14H20N2O/c1-11(12-5-3-2-4-6-12)7-8-15-13-9-14(17)16-10-13/h2-6,11,13,15H,7-10H2,1H3,(H,16,17). The van der Waals surface area contributed by atoms with Crippen LogP contribution in [-0.2, 0) is 4.79 Å². The smallest absolute Gasteiger partial charge is 0.221 e. The molecule has 0 radical (unpaired) electrons. The zero-order chi connectivity index (χ0) is 12.1. The highest BCUT2D eigenvalue weighted by Crippen LogP contribution is 2.17. The second kappa shape index (κ2) is 5.82. The van der Waals surface area contributed by atoms with Gasteiger partial charge in [0.25, 0.3) is 0 Å². The summed E-state index contributed by atoms with van der Waals surface area (Å²) in [6.45, 7) is 3.99. The van der Waals surface area contributed by atoms with E-state index in [0.29, 0.717) is 18.4 Å². The van der Waals surface area contributed by atoms with Gasteiger partial charge < -0.3 is 10.6 Å². The average molecular weight is 232 g/mol. The number of carbonyl (C=O) groups excluding carboxylic acids is 1. The number of amides is 1. The second-order valence-electron chi connectivity index (χ2n) is 4.76. The van der Waals surface area contributed by atoms with Crippen molar-refractivity contribution in [2.24, 2.45) is 0 Å². The van der Waals surface area contributed by atoms with Crippen molar-refractivity contribution >= 4 is 5.91 Å². The number of hydrogen-bond acceptors (Lipinski definition) is 2. The Kier molecular flexibility index (Phi) is 4.15. The van der Waals surface area contributed by atoms with E-state index in [1.165, 1.54) is 5.56 Å². The molecule has 1 amide bonds. The SMILES string of the molecule is CC(CCNC1CNC(=O)C1)c1ccccc1. The topological polar surface area (TPSA) is 41.1 Å². The lowest BCUT2D eigenvalue weighted by molar-refractivity contribution is -0.119. The maximum atomic E-state index is 11.0. The van der Waals surface area contributed by atoms with Gasteiger partial charge in [0, 0.05) is 19.0 Å². The van der Waals surface area contributed by atoms with Gasteiger partial charge in [-0.1, -0.05) is 37.3 Å². The molecule has 0 saturated carbocycles. The van der Waals surface area contributed by atoms with Gasteiger partial charge in [-0.05, 0) is 24.4 Å². The monoisotopic (exact) mass is 232 g/mol. The molecule has 2 N–H and O–H groups in total. The van der Waals surface area contributed by atoms with Gasteiger partial charge in [0.1, 0.15) is 0 Å². The van der Waals surface area contributed by atoms with Crippen LogP contribution >= 0.6 is 0 Å². The van der Waals surface area contributed by atoms with Crippen LogP contribution in [0, 0.1) is 0 Å². The highest BCUT2D eigenvalue weighted by Gasteiger charge is 2.20. The normalized spacial score (nSPS) is 21.2. The summed E-state index contributed by atoms with van der Waals surface area (Å²) in [7, 11) is 0. The number of hydrogen-bond donors (Lipinski definition) is 2. The summed E-state index contributed by atoms with van der Waals surface area (Å²) >= 11 is 0. The molecule has 1 aliphatic rings. The van der Waals surface area contributed by atoms with Crippen LogP contribution in [0.1, 0.15) is 31.2 Å². The molecule has 2 atom stereocenters. The van der Waals surface area contributed by atoms with E-state index in [4.69, 9.17) is 0 Å². The summed E-state index contributed by atoms with van der Waals surface area (Å²) in [6, 6.07) is 10.9. The lowest BCUT2D eigenvalue weighted by Crippen LogP contribution is -2.32. The molecule has 3 nitrogen and oxygen atoms in total. The van der Waals surface area contributed by atoms with Gasteiger partial charge in [-0.15, -0.1) is 0 Å². The van der Waals surface area contributed by atoms with E-state index in [-0.39, 0.29) is 5.91 Å². The molecular formula is C14H20N2O. The molecule has 0 spiro atoms. The highest BCUT2D eigenvalue weighted by atomic mass is 16.1. The molecule has 2 rings (SSSR count). The van der Waals surface area contributed by atoms with Crippen molar-refractivity contribution in [2.45, 2.75) is 31.7 Å². The summed E-state index contributed by atoms with van der Waals surface area (Å²) < 4.78 is 0. The van der Waals surface area contributed by atoms with Crippen LogP contribution in [0.5, 0.6) is 0 Å². The van der Waals surface area contributed by atoms with Gasteiger partial charge in [0.2, 0.25) is 5.91 Å². The summed E-state index contributed by atoms with van der Waals surface area (Å²) in [4.78, 5) is 11.0. The predicted molar refractivity (Wildman–Crippen MR) is 68.9 cm³/mol. The molecule has 1 aliphatic heterocycles. The van der Waals surface area contributed by atoms with E-state index in [0.717, 1.165) is 19.5 Å². The van der Waals surface area contributed by atoms with E-state index in [1.807, 2.05) is 6.07 Å². The van der Waals surface area contributed by atoms with Gasteiger partial charge in [0.05, 0.1) is 0 Å². The molecule has 3 heteroatoms. The van der Waals surface area contributed by atoms with E-state index in [9.17, 15) is 4.79 Å². The maximum absolute atomic E-state index is 11.0. The predicted octanol–water partition coefficient (Wildman–Crippen LogP) is 1.66. The Morgan fingerprint density at radius 3 is 2.82 bits per heavy atom. The average Bonchev–Trinajstić information content (AvgIpc) is 2.76. The lowest BCUT2D eigenvalue weighted by atomic mass is 9.98. The van der Waals surface area contributed by atoms with Crippen LogP contribution < -0.4 is 10.6 Å². The zero-order valence-corrected chi connectivity index (χ0v) is 10.3. The van der Waals surface area contributed by atoms with Crippen LogP contribution in [0.15, 0.2) is 30.3 Å². The minimum absolute atomic E-state index is 0.165. The van der Waals surface area contributed by atoms with Crippen LogP contribution in [0.4, 0.5) is 0 Å². The summed E-state index contributed by atoms with van der Waals surface area (Å²) in [5.74, 6) is 0.729. The van der Waals surface area contributed by atoms with Crippen LogP contribution in [0.3, 0.4) is 0 Å². The quantitative estimate of drug-likeness (QED) is 0.810. The van der Waals surface area contributed by atoms with Crippen molar-refractivity contribution in [3.63, 3.8) is 0 Å². The molecule has 1 aromatic rings. The molecule has 0 aromatic heterocycles. The fraction of sp³-hybridized carbons (Fsp3) is 0.500. The Bertz CT molecular complexity index is 364. The highest BCUT2D eigenvalue weighted by molar-refractivity contribution is 5.78. The number of carbonyl (C=O) groups is 1. The molecule has 17 heavy (non-hydrogen) atoms. The first-order valence-corrected chi connectivity index (χ1v) is 6.30. The van der Waals surface area contributed by atoms with E-state index in [2.05, 4.69) is 41.8 Å². The molecule has 92 valence electrons. The minimum atomic E-state index is 0.165. The molecule has 2 unspecified atom stereocenters. The van der Waals surface area contributed by atoms with Gasteiger partial charge in [-0.3, -0.25) is 4.79 Å². The number of rotatable bonds is 5. The Balaban J connectivity index is 1.70. The molecule has 0 bridgehead atoms. The Hall–Kier alpha value is -1.35. The Morgan fingerprint density at radius 1 is 1.41 bits per heavy atom. The Morgan fingerprint density at radius 2 is 2.18 bits per heavy atom. The first-order valence-electron chi connectivity index (χ1n) is 6.30. The van der Waals surface area contributed by atoms with Crippen molar-refractivity contribution in [2.75, 3.05) is 13.1 Å². The summed E-state index contributed by atoms with van der Waals surface area (Å²) in [5, 5.41) is 6.27. The van der Waals surface area contributed by atoms with Crippen molar-refractivity contribution in [3.8, 4) is 0 Å². The maximum Gasteiger partial charge on any atom is 0.221 e. The second-order valence-corrected chi connectivity index (χ2v) is 4.76. The largest absolute Gasteiger partial charge is 0.354 e. The van der Waals surface area contributed by atoms with Crippen molar-refractivity contribution < 1.29 is 4.79 Å². The van der Waals surface area contributed by atoms with Gasteiger partial charge in [-0.2, -0.15) is 0 Å². The third kappa shape index (κ3) is 3.56. The third-order valence-corrected chi connectivity index (χ3v) is 3.36. The molecule has 1 fully saturated rings. The van der Waals surface area contributed by atoms with E-state index in [1.54, 1.807) is 0 Å². The first kappa shape index (κ1) is 12.1.